The molecule has 0 saturated heterocycles. The van der Waals surface area contributed by atoms with Crippen LogP contribution in [0.4, 0.5) is 28.4 Å². The normalized spacial score (nSPS) is 14.8. The van der Waals surface area contributed by atoms with Crippen LogP contribution in [0.1, 0.15) is 74.9 Å². The molecule has 0 spiro atoms. The highest BCUT2D eigenvalue weighted by molar-refractivity contribution is 7.19. The first-order chi connectivity index (χ1) is 35.4. The Balaban J connectivity index is 0.760. The monoisotopic (exact) mass is 976 g/mol. The van der Waals surface area contributed by atoms with E-state index in [1.807, 2.05) is 0 Å². The molecular formula is C67H52N4S2. The van der Waals surface area contributed by atoms with E-state index in [-0.39, 0.29) is 16.2 Å². The summed E-state index contributed by atoms with van der Waals surface area (Å²) in [4.78, 5) is 4.83. The maximum atomic E-state index is 4.93. The van der Waals surface area contributed by atoms with E-state index in [9.17, 15) is 0 Å². The number of nitrogens with zero attached hydrogens (tertiary/aromatic N) is 3. The van der Waals surface area contributed by atoms with Crippen molar-refractivity contribution in [3.63, 3.8) is 0 Å². The summed E-state index contributed by atoms with van der Waals surface area (Å²) in [6.07, 6.45) is 0. The zero-order valence-electron chi connectivity index (χ0n) is 41.7. The SMILES string of the molecule is CC1(C)c2ccccc2-c2ccc(Nc3ccc(-c4ccc(-c5ccc(-c6ccc(N(c7ccc8c(c7)C(C)(C)c7ccccc7-8)c7ccc8c(c7)C(C)(C)c7ccccc7-8)cc6)c6nsnc56)s4)cc3)cc21. The maximum absolute atomic E-state index is 4.93. The van der Waals surface area contributed by atoms with Crippen molar-refractivity contribution < 1.29 is 0 Å². The van der Waals surface area contributed by atoms with Gasteiger partial charge in [-0.25, -0.2) is 0 Å². The number of benzene rings is 9. The summed E-state index contributed by atoms with van der Waals surface area (Å²) in [6.45, 7) is 14.1. The van der Waals surface area contributed by atoms with Gasteiger partial charge in [0.2, 0.25) is 0 Å². The summed E-state index contributed by atoms with van der Waals surface area (Å²) >= 11 is 3.08. The van der Waals surface area contributed by atoms with Gasteiger partial charge in [0.05, 0.1) is 11.7 Å². The molecule has 9 aromatic carbocycles. The minimum absolute atomic E-state index is 0.0360. The van der Waals surface area contributed by atoms with Crippen LogP contribution < -0.4 is 10.2 Å². The summed E-state index contributed by atoms with van der Waals surface area (Å²) in [7, 11) is 0. The summed E-state index contributed by atoms with van der Waals surface area (Å²) in [5, 5.41) is 3.68. The standard InChI is InChI=1S/C67H52N4S2/c1-65(2)55-16-10-7-13-48(55)51-30-25-43(37-58(51)65)68-42-23-19-41(20-24-42)61-35-36-62(72-61)54-34-33-47(63-64(54)70-73-69-63)40-21-26-44(27-22-40)71(45-28-31-52-49-14-8-11-17-56(49)66(3,4)59(52)38-45)46-29-32-53-50-15-9-12-18-57(50)67(5,6)60(53)39-46/h7-39,68H,1-6H3. The number of rotatable bonds is 8. The minimum atomic E-state index is -0.123. The average molecular weight is 977 g/mol. The molecule has 0 saturated carbocycles. The molecule has 2 aromatic heterocycles. The summed E-state index contributed by atoms with van der Waals surface area (Å²) in [5.74, 6) is 0. The highest BCUT2D eigenvalue weighted by atomic mass is 32.1. The van der Waals surface area contributed by atoms with Gasteiger partial charge in [-0.1, -0.05) is 169 Å². The van der Waals surface area contributed by atoms with Gasteiger partial charge in [-0.3, -0.25) is 0 Å². The Labute approximate surface area is 435 Å². The van der Waals surface area contributed by atoms with Crippen LogP contribution in [-0.4, -0.2) is 8.75 Å². The molecule has 4 nitrogen and oxygen atoms in total. The molecule has 73 heavy (non-hydrogen) atoms. The second-order valence-corrected chi connectivity index (χ2v) is 23.2. The highest BCUT2D eigenvalue weighted by Crippen LogP contribution is 2.54. The van der Waals surface area contributed by atoms with Gasteiger partial charge >= 0.3 is 0 Å². The predicted molar refractivity (Wildman–Crippen MR) is 309 cm³/mol. The fraction of sp³-hybridized carbons (Fsp3) is 0.134. The third kappa shape index (κ3) is 6.70. The van der Waals surface area contributed by atoms with Crippen molar-refractivity contribution in [1.82, 2.24) is 8.75 Å². The zero-order chi connectivity index (χ0) is 49.4. The lowest BCUT2D eigenvalue weighted by Crippen LogP contribution is -2.18. The lowest BCUT2D eigenvalue weighted by Gasteiger charge is -2.30. The van der Waals surface area contributed by atoms with E-state index in [1.54, 1.807) is 11.3 Å². The minimum Gasteiger partial charge on any atom is -0.356 e. The van der Waals surface area contributed by atoms with E-state index in [0.717, 1.165) is 56.2 Å². The smallest absolute Gasteiger partial charge is 0.114 e. The Bertz CT molecular complexity index is 3930. The Kier molecular flexibility index (Phi) is 9.64. The van der Waals surface area contributed by atoms with E-state index in [4.69, 9.17) is 8.75 Å². The molecular weight excluding hydrogens is 925 g/mol. The van der Waals surface area contributed by atoms with E-state index in [2.05, 4.69) is 252 Å². The second kappa shape index (κ2) is 16.1. The van der Waals surface area contributed by atoms with Gasteiger partial charge in [-0.2, -0.15) is 8.75 Å². The zero-order valence-corrected chi connectivity index (χ0v) is 43.3. The van der Waals surface area contributed by atoms with Gasteiger partial charge in [-0.05, 0) is 151 Å². The number of thiophene rings is 1. The van der Waals surface area contributed by atoms with Gasteiger partial charge in [0, 0.05) is 65.6 Å². The van der Waals surface area contributed by atoms with Crippen LogP contribution >= 0.6 is 23.1 Å². The van der Waals surface area contributed by atoms with Crippen LogP contribution in [0.25, 0.3) is 76.4 Å². The van der Waals surface area contributed by atoms with Crippen LogP contribution in [0.2, 0.25) is 0 Å². The molecule has 0 fully saturated rings. The molecule has 0 aliphatic heterocycles. The second-order valence-electron chi connectivity index (χ2n) is 21.6. The maximum Gasteiger partial charge on any atom is 0.114 e. The van der Waals surface area contributed by atoms with Crippen molar-refractivity contribution in [2.75, 3.05) is 10.2 Å². The third-order valence-corrected chi connectivity index (χ3v) is 18.1. The Morgan fingerprint density at radius 1 is 0.342 bits per heavy atom. The molecule has 0 bridgehead atoms. The number of nitrogens with one attached hydrogen (secondary N) is 1. The fourth-order valence-corrected chi connectivity index (χ4v) is 14.1. The van der Waals surface area contributed by atoms with Crippen molar-refractivity contribution in [1.29, 1.82) is 0 Å². The lowest BCUT2D eigenvalue weighted by atomic mass is 9.82. The number of anilines is 5. The molecule has 0 radical (unpaired) electrons. The molecule has 11 aromatic rings. The summed E-state index contributed by atoms with van der Waals surface area (Å²) in [5.41, 5.74) is 27.8. The molecule has 0 unspecified atom stereocenters. The molecule has 352 valence electrons. The van der Waals surface area contributed by atoms with Gasteiger partial charge in [-0.15, -0.1) is 11.3 Å². The topological polar surface area (TPSA) is 41.0 Å². The Morgan fingerprint density at radius 3 is 1.32 bits per heavy atom. The van der Waals surface area contributed by atoms with Gasteiger partial charge in [0.1, 0.15) is 11.0 Å². The van der Waals surface area contributed by atoms with Crippen molar-refractivity contribution in [3.8, 4) is 65.4 Å². The predicted octanol–water partition coefficient (Wildman–Crippen LogP) is 18.9. The van der Waals surface area contributed by atoms with E-state index in [0.29, 0.717) is 0 Å². The van der Waals surface area contributed by atoms with Gasteiger partial charge < -0.3 is 10.2 Å². The number of hydrogen-bond acceptors (Lipinski definition) is 6. The van der Waals surface area contributed by atoms with Crippen LogP contribution in [0.5, 0.6) is 0 Å². The van der Waals surface area contributed by atoms with Crippen molar-refractivity contribution in [2.24, 2.45) is 0 Å². The molecule has 3 aliphatic rings. The molecule has 0 amide bonds. The van der Waals surface area contributed by atoms with Gasteiger partial charge in [0.15, 0.2) is 0 Å². The van der Waals surface area contributed by atoms with Crippen LogP contribution in [0.15, 0.2) is 200 Å². The van der Waals surface area contributed by atoms with E-state index < -0.39 is 0 Å². The van der Waals surface area contributed by atoms with E-state index in [1.165, 1.54) is 93.8 Å². The third-order valence-electron chi connectivity index (χ3n) is 16.4. The molecule has 2 heterocycles. The van der Waals surface area contributed by atoms with Crippen LogP contribution in [0, 0.1) is 0 Å². The largest absolute Gasteiger partial charge is 0.356 e. The number of hydrogen-bond donors (Lipinski definition) is 1. The molecule has 14 rings (SSSR count). The fourth-order valence-electron chi connectivity index (χ4n) is 12.5. The lowest BCUT2D eigenvalue weighted by molar-refractivity contribution is 0.660. The first kappa shape index (κ1) is 43.9. The highest BCUT2D eigenvalue weighted by Gasteiger charge is 2.38. The molecule has 1 N–H and O–H groups in total. The first-order valence-corrected chi connectivity index (χ1v) is 26.8. The van der Waals surface area contributed by atoms with Crippen LogP contribution in [-0.2, 0) is 16.2 Å². The number of aromatic nitrogens is 2. The molecule has 0 atom stereocenters. The van der Waals surface area contributed by atoms with Crippen molar-refractivity contribution in [2.45, 2.75) is 57.8 Å². The first-order valence-electron chi connectivity index (χ1n) is 25.3. The van der Waals surface area contributed by atoms with E-state index >= 15 is 0 Å². The van der Waals surface area contributed by atoms with Crippen molar-refractivity contribution in [3.05, 3.63) is 234 Å². The Hall–Kier alpha value is -7.90. The summed E-state index contributed by atoms with van der Waals surface area (Å²) < 4.78 is 9.84. The van der Waals surface area contributed by atoms with Gasteiger partial charge in [0.25, 0.3) is 0 Å². The van der Waals surface area contributed by atoms with Crippen LogP contribution in [0.3, 0.4) is 0 Å². The quantitative estimate of drug-likeness (QED) is 0.165. The molecule has 3 aliphatic carbocycles. The Morgan fingerprint density at radius 2 is 0.753 bits per heavy atom. The number of fused-ring (bicyclic) bond motifs is 10. The molecule has 6 heteroatoms. The summed E-state index contributed by atoms with van der Waals surface area (Å²) in [6, 6.07) is 74.2. The van der Waals surface area contributed by atoms with Crippen molar-refractivity contribution >= 4 is 62.5 Å². The average Bonchev–Trinajstić information content (AvgIpc) is 4.24.